The van der Waals surface area contributed by atoms with Crippen LogP contribution in [-0.2, 0) is 4.79 Å². The number of rotatable bonds is 4. The molecule has 2 rings (SSSR count). The molecule has 1 atom stereocenters. The minimum Gasteiger partial charge on any atom is -0.345 e. The van der Waals surface area contributed by atoms with E-state index in [-0.39, 0.29) is 11.6 Å². The summed E-state index contributed by atoms with van der Waals surface area (Å²) in [5, 5.41) is 11.8. The van der Waals surface area contributed by atoms with Gasteiger partial charge in [0.2, 0.25) is 0 Å². The summed E-state index contributed by atoms with van der Waals surface area (Å²) in [4.78, 5) is 18.8. The fourth-order valence-corrected chi connectivity index (χ4v) is 1.74. The predicted molar refractivity (Wildman–Crippen MR) is 75.2 cm³/mol. The molecule has 0 spiro atoms. The molecule has 1 aromatic heterocycles. The van der Waals surface area contributed by atoms with E-state index in [1.54, 1.807) is 12.4 Å². The third-order valence-corrected chi connectivity index (χ3v) is 2.81. The van der Waals surface area contributed by atoms with Crippen molar-refractivity contribution in [3.63, 3.8) is 0 Å². The third kappa shape index (κ3) is 3.33. The minimum atomic E-state index is -0.416. The Morgan fingerprint density at radius 3 is 2.80 bits per heavy atom. The molecule has 1 heterocycles. The first-order valence-corrected chi connectivity index (χ1v) is 6.17. The number of hydrogen-bond donors (Lipinski definition) is 2. The number of benzene rings is 1. The monoisotopic (exact) mass is 266 g/mol. The molecule has 0 saturated carbocycles. The van der Waals surface area contributed by atoms with Gasteiger partial charge in [0.1, 0.15) is 17.5 Å². The Bertz CT molecular complexity index is 638. The van der Waals surface area contributed by atoms with Crippen molar-refractivity contribution in [2.75, 3.05) is 0 Å². The van der Waals surface area contributed by atoms with Crippen molar-refractivity contribution < 1.29 is 4.79 Å². The lowest BCUT2D eigenvalue weighted by molar-refractivity contribution is -0.117. The van der Waals surface area contributed by atoms with E-state index in [0.29, 0.717) is 5.82 Å². The minimum absolute atomic E-state index is 0.0164. The maximum Gasteiger partial charge on any atom is 0.262 e. The van der Waals surface area contributed by atoms with E-state index in [1.165, 1.54) is 6.08 Å². The van der Waals surface area contributed by atoms with Gasteiger partial charge in [0, 0.05) is 18.5 Å². The summed E-state index contributed by atoms with van der Waals surface area (Å²) in [5.41, 5.74) is 0.999. The highest BCUT2D eigenvalue weighted by molar-refractivity contribution is 6.01. The van der Waals surface area contributed by atoms with Gasteiger partial charge in [-0.2, -0.15) is 5.26 Å². The number of aromatic nitrogens is 2. The SMILES string of the molecule is C[C@H](NC(=O)/C(C#N)=C/c1ncc[nH]1)c1ccccc1. The number of H-pyrrole nitrogens is 1. The summed E-state index contributed by atoms with van der Waals surface area (Å²) in [6.45, 7) is 1.87. The Morgan fingerprint density at radius 1 is 1.45 bits per heavy atom. The van der Waals surface area contributed by atoms with E-state index in [9.17, 15) is 4.79 Å². The van der Waals surface area contributed by atoms with Crippen LogP contribution in [0.1, 0.15) is 24.4 Å². The molecule has 2 aromatic rings. The van der Waals surface area contributed by atoms with Crippen molar-refractivity contribution in [1.29, 1.82) is 5.26 Å². The molecule has 1 amide bonds. The van der Waals surface area contributed by atoms with Crippen LogP contribution in [0.25, 0.3) is 6.08 Å². The number of nitriles is 1. The van der Waals surface area contributed by atoms with Gasteiger partial charge in [-0.1, -0.05) is 30.3 Å². The summed E-state index contributed by atoms with van der Waals surface area (Å²) in [7, 11) is 0. The predicted octanol–water partition coefficient (Wildman–Crippen LogP) is 2.19. The first-order chi connectivity index (χ1) is 9.70. The summed E-state index contributed by atoms with van der Waals surface area (Å²) in [6, 6.07) is 11.3. The summed E-state index contributed by atoms with van der Waals surface area (Å²) < 4.78 is 0. The van der Waals surface area contributed by atoms with Gasteiger partial charge in [0.15, 0.2) is 0 Å². The number of imidazole rings is 1. The second kappa shape index (κ2) is 6.34. The van der Waals surface area contributed by atoms with Crippen LogP contribution < -0.4 is 5.32 Å². The fourth-order valence-electron chi connectivity index (χ4n) is 1.74. The van der Waals surface area contributed by atoms with E-state index in [0.717, 1.165) is 5.56 Å². The molecule has 0 fully saturated rings. The molecule has 0 unspecified atom stereocenters. The highest BCUT2D eigenvalue weighted by atomic mass is 16.1. The molecule has 0 aliphatic carbocycles. The number of amides is 1. The fraction of sp³-hybridized carbons (Fsp3) is 0.133. The maximum atomic E-state index is 12.0. The van der Waals surface area contributed by atoms with Gasteiger partial charge in [-0.25, -0.2) is 4.98 Å². The smallest absolute Gasteiger partial charge is 0.262 e. The van der Waals surface area contributed by atoms with Crippen LogP contribution in [0.3, 0.4) is 0 Å². The lowest BCUT2D eigenvalue weighted by atomic mass is 10.1. The largest absolute Gasteiger partial charge is 0.345 e. The average Bonchev–Trinajstić information content (AvgIpc) is 2.98. The van der Waals surface area contributed by atoms with Crippen LogP contribution in [-0.4, -0.2) is 15.9 Å². The summed E-state index contributed by atoms with van der Waals surface area (Å²) in [5.74, 6) is 0.0596. The Balaban J connectivity index is 2.09. The molecular formula is C15H14N4O. The van der Waals surface area contributed by atoms with Gasteiger partial charge in [0.25, 0.3) is 5.91 Å². The highest BCUT2D eigenvalue weighted by Crippen LogP contribution is 2.12. The molecule has 0 saturated heterocycles. The van der Waals surface area contributed by atoms with E-state index in [4.69, 9.17) is 5.26 Å². The molecule has 0 radical (unpaired) electrons. The maximum absolute atomic E-state index is 12.0. The average molecular weight is 266 g/mol. The molecule has 20 heavy (non-hydrogen) atoms. The van der Waals surface area contributed by atoms with Crippen LogP contribution in [0.5, 0.6) is 0 Å². The Morgan fingerprint density at radius 2 is 2.20 bits per heavy atom. The van der Waals surface area contributed by atoms with Crippen molar-refractivity contribution >= 4 is 12.0 Å². The second-order valence-electron chi connectivity index (χ2n) is 4.25. The van der Waals surface area contributed by atoms with Gasteiger partial charge in [-0.15, -0.1) is 0 Å². The van der Waals surface area contributed by atoms with Gasteiger partial charge < -0.3 is 10.3 Å². The number of aromatic amines is 1. The lowest BCUT2D eigenvalue weighted by Crippen LogP contribution is -2.27. The topological polar surface area (TPSA) is 81.6 Å². The van der Waals surface area contributed by atoms with Crippen molar-refractivity contribution in [2.45, 2.75) is 13.0 Å². The van der Waals surface area contributed by atoms with Gasteiger partial charge in [-0.3, -0.25) is 4.79 Å². The Kier molecular flexibility index (Phi) is 4.30. The van der Waals surface area contributed by atoms with Gasteiger partial charge in [0.05, 0.1) is 6.04 Å². The van der Waals surface area contributed by atoms with E-state index < -0.39 is 5.91 Å². The molecule has 1 aromatic carbocycles. The lowest BCUT2D eigenvalue weighted by Gasteiger charge is -2.13. The number of carbonyl (C=O) groups excluding carboxylic acids is 1. The van der Waals surface area contributed by atoms with Gasteiger partial charge >= 0.3 is 0 Å². The second-order valence-corrected chi connectivity index (χ2v) is 4.25. The first kappa shape index (κ1) is 13.6. The standard InChI is InChI=1S/C15H14N4O/c1-11(12-5-3-2-4-6-12)19-15(20)13(10-16)9-14-17-7-8-18-14/h2-9,11H,1H3,(H,17,18)(H,19,20)/b13-9+/t11-/m0/s1. The van der Waals surface area contributed by atoms with Crippen molar-refractivity contribution in [1.82, 2.24) is 15.3 Å². The molecule has 100 valence electrons. The van der Waals surface area contributed by atoms with E-state index in [2.05, 4.69) is 15.3 Å². The molecule has 0 aliphatic rings. The van der Waals surface area contributed by atoms with Crippen molar-refractivity contribution in [3.05, 3.63) is 59.7 Å². The molecular weight excluding hydrogens is 252 g/mol. The zero-order valence-corrected chi connectivity index (χ0v) is 11.0. The first-order valence-electron chi connectivity index (χ1n) is 6.17. The number of carbonyl (C=O) groups is 1. The Hall–Kier alpha value is -2.87. The molecule has 5 heteroatoms. The zero-order valence-electron chi connectivity index (χ0n) is 11.0. The van der Waals surface area contributed by atoms with Crippen LogP contribution >= 0.6 is 0 Å². The third-order valence-electron chi connectivity index (χ3n) is 2.81. The van der Waals surface area contributed by atoms with Crippen LogP contribution in [0.15, 0.2) is 48.3 Å². The number of nitrogens with zero attached hydrogens (tertiary/aromatic N) is 2. The summed E-state index contributed by atoms with van der Waals surface area (Å²) in [6.07, 6.45) is 4.61. The zero-order chi connectivity index (χ0) is 14.4. The normalized spacial score (nSPS) is 12.5. The van der Waals surface area contributed by atoms with Gasteiger partial charge in [-0.05, 0) is 12.5 Å². The summed E-state index contributed by atoms with van der Waals surface area (Å²) >= 11 is 0. The molecule has 2 N–H and O–H groups in total. The van der Waals surface area contributed by atoms with Crippen LogP contribution in [0.2, 0.25) is 0 Å². The quantitative estimate of drug-likeness (QED) is 0.657. The molecule has 0 bridgehead atoms. The Labute approximate surface area is 117 Å². The van der Waals surface area contributed by atoms with Crippen LogP contribution in [0.4, 0.5) is 0 Å². The highest BCUT2D eigenvalue weighted by Gasteiger charge is 2.13. The number of hydrogen-bond acceptors (Lipinski definition) is 3. The molecule has 5 nitrogen and oxygen atoms in total. The van der Waals surface area contributed by atoms with Crippen molar-refractivity contribution in [3.8, 4) is 6.07 Å². The van der Waals surface area contributed by atoms with Crippen molar-refractivity contribution in [2.24, 2.45) is 0 Å². The van der Waals surface area contributed by atoms with E-state index in [1.807, 2.05) is 43.3 Å². The molecule has 0 aliphatic heterocycles. The number of nitrogens with one attached hydrogen (secondary N) is 2. The van der Waals surface area contributed by atoms with E-state index >= 15 is 0 Å². The van der Waals surface area contributed by atoms with Crippen LogP contribution in [0, 0.1) is 11.3 Å².